The zero-order chi connectivity index (χ0) is 12.1. The second-order valence-corrected chi connectivity index (χ2v) is 4.88. The first kappa shape index (κ1) is 13.5. The molecule has 1 atom stereocenters. The standard InChI is InChI=1S/C11H13Br2NO2/c1-7(6-12)14-11(15)9-5-8(16-2)3-4-10(9)13/h3-5,7H,6H2,1-2H3,(H,14,15). The van der Waals surface area contributed by atoms with E-state index in [1.54, 1.807) is 25.3 Å². The van der Waals surface area contributed by atoms with E-state index in [1.807, 2.05) is 6.92 Å². The van der Waals surface area contributed by atoms with Crippen molar-refractivity contribution in [2.75, 3.05) is 12.4 Å². The Balaban J connectivity index is 2.89. The van der Waals surface area contributed by atoms with Crippen molar-refractivity contribution < 1.29 is 9.53 Å². The van der Waals surface area contributed by atoms with Crippen molar-refractivity contribution in [2.24, 2.45) is 0 Å². The van der Waals surface area contributed by atoms with Crippen molar-refractivity contribution in [1.29, 1.82) is 0 Å². The van der Waals surface area contributed by atoms with E-state index in [1.165, 1.54) is 0 Å². The molecule has 0 saturated carbocycles. The highest BCUT2D eigenvalue weighted by atomic mass is 79.9. The van der Waals surface area contributed by atoms with Crippen molar-refractivity contribution in [3.8, 4) is 5.75 Å². The van der Waals surface area contributed by atoms with Gasteiger partial charge in [0, 0.05) is 15.8 Å². The van der Waals surface area contributed by atoms with Crippen LogP contribution in [0.5, 0.6) is 5.75 Å². The third-order valence-electron chi connectivity index (χ3n) is 2.03. The highest BCUT2D eigenvalue weighted by Gasteiger charge is 2.13. The summed E-state index contributed by atoms with van der Waals surface area (Å²) in [5.74, 6) is 0.553. The van der Waals surface area contributed by atoms with E-state index < -0.39 is 0 Å². The van der Waals surface area contributed by atoms with Crippen LogP contribution in [0.3, 0.4) is 0 Å². The minimum atomic E-state index is -0.113. The molecule has 5 heteroatoms. The summed E-state index contributed by atoms with van der Waals surface area (Å²) in [5.41, 5.74) is 0.576. The van der Waals surface area contributed by atoms with E-state index in [9.17, 15) is 4.79 Å². The van der Waals surface area contributed by atoms with E-state index in [4.69, 9.17) is 4.74 Å². The number of nitrogens with one attached hydrogen (secondary N) is 1. The van der Waals surface area contributed by atoms with Crippen LogP contribution >= 0.6 is 31.9 Å². The van der Waals surface area contributed by atoms with Crippen molar-refractivity contribution in [1.82, 2.24) is 5.32 Å². The molecule has 16 heavy (non-hydrogen) atoms. The van der Waals surface area contributed by atoms with Crippen molar-refractivity contribution in [2.45, 2.75) is 13.0 Å². The van der Waals surface area contributed by atoms with Crippen LogP contribution in [0.15, 0.2) is 22.7 Å². The molecule has 0 radical (unpaired) electrons. The predicted octanol–water partition coefficient (Wildman–Crippen LogP) is 2.97. The van der Waals surface area contributed by atoms with Crippen molar-refractivity contribution >= 4 is 37.8 Å². The van der Waals surface area contributed by atoms with Gasteiger partial charge in [-0.3, -0.25) is 4.79 Å². The average molecular weight is 351 g/mol. The molecule has 0 saturated heterocycles. The number of carbonyl (C=O) groups is 1. The number of carbonyl (C=O) groups excluding carboxylic acids is 1. The zero-order valence-electron chi connectivity index (χ0n) is 9.09. The number of amides is 1. The molecule has 0 aliphatic heterocycles. The van der Waals surface area contributed by atoms with E-state index in [2.05, 4.69) is 37.2 Å². The van der Waals surface area contributed by atoms with Crippen molar-refractivity contribution in [3.63, 3.8) is 0 Å². The highest BCUT2D eigenvalue weighted by molar-refractivity contribution is 9.10. The smallest absolute Gasteiger partial charge is 0.252 e. The summed E-state index contributed by atoms with van der Waals surface area (Å²) < 4.78 is 5.84. The fraction of sp³-hybridized carbons (Fsp3) is 0.364. The number of ether oxygens (including phenoxy) is 1. The molecule has 0 bridgehead atoms. The van der Waals surface area contributed by atoms with Crippen LogP contribution in [0.25, 0.3) is 0 Å². The third-order valence-corrected chi connectivity index (χ3v) is 3.69. The fourth-order valence-electron chi connectivity index (χ4n) is 1.15. The first-order valence-electron chi connectivity index (χ1n) is 4.79. The van der Waals surface area contributed by atoms with Gasteiger partial charge in [0.05, 0.1) is 12.7 Å². The van der Waals surface area contributed by atoms with Gasteiger partial charge in [0.1, 0.15) is 5.75 Å². The summed E-state index contributed by atoms with van der Waals surface area (Å²) in [5, 5.41) is 3.59. The minimum absolute atomic E-state index is 0.0885. The van der Waals surface area contributed by atoms with Gasteiger partial charge < -0.3 is 10.1 Å². The van der Waals surface area contributed by atoms with E-state index in [0.717, 1.165) is 9.80 Å². The molecule has 0 fully saturated rings. The average Bonchev–Trinajstić information content (AvgIpc) is 2.29. The molecule has 0 heterocycles. The van der Waals surface area contributed by atoms with Gasteiger partial charge in [0.25, 0.3) is 5.91 Å². The molecule has 3 nitrogen and oxygen atoms in total. The second kappa shape index (κ2) is 6.25. The predicted molar refractivity (Wildman–Crippen MR) is 71.4 cm³/mol. The summed E-state index contributed by atoms with van der Waals surface area (Å²) >= 11 is 6.66. The molecule has 0 aliphatic rings. The molecular weight excluding hydrogens is 338 g/mol. The quantitative estimate of drug-likeness (QED) is 0.848. The Morgan fingerprint density at radius 1 is 1.56 bits per heavy atom. The maximum absolute atomic E-state index is 11.9. The number of hydrogen-bond donors (Lipinski definition) is 1. The first-order chi connectivity index (χ1) is 7.58. The van der Waals surface area contributed by atoms with Gasteiger partial charge in [-0.05, 0) is 41.1 Å². The molecule has 1 amide bonds. The Hall–Kier alpha value is -0.550. The first-order valence-corrected chi connectivity index (χ1v) is 6.70. The molecule has 0 spiro atoms. The summed E-state index contributed by atoms with van der Waals surface area (Å²) in [7, 11) is 1.58. The van der Waals surface area contributed by atoms with Crippen LogP contribution in [-0.4, -0.2) is 24.4 Å². The molecular formula is C11H13Br2NO2. The maximum atomic E-state index is 11.9. The fourth-order valence-corrected chi connectivity index (χ4v) is 1.73. The Morgan fingerprint density at radius 2 is 2.25 bits per heavy atom. The van der Waals surface area contributed by atoms with E-state index >= 15 is 0 Å². The topological polar surface area (TPSA) is 38.3 Å². The molecule has 0 aliphatic carbocycles. The summed E-state index contributed by atoms with van der Waals surface area (Å²) in [6, 6.07) is 5.40. The molecule has 88 valence electrons. The molecule has 1 unspecified atom stereocenters. The summed E-state index contributed by atoms with van der Waals surface area (Å²) in [6.45, 7) is 1.93. The Labute approximate surface area is 112 Å². The van der Waals surface area contributed by atoms with Crippen LogP contribution in [0.1, 0.15) is 17.3 Å². The van der Waals surface area contributed by atoms with Crippen LogP contribution in [0, 0.1) is 0 Å². The molecule has 1 aromatic rings. The van der Waals surface area contributed by atoms with Gasteiger partial charge in [-0.1, -0.05) is 15.9 Å². The van der Waals surface area contributed by atoms with Crippen LogP contribution in [0.4, 0.5) is 0 Å². The van der Waals surface area contributed by atoms with Gasteiger partial charge in [0.15, 0.2) is 0 Å². The normalized spacial score (nSPS) is 12.0. The van der Waals surface area contributed by atoms with Gasteiger partial charge in [-0.15, -0.1) is 0 Å². The lowest BCUT2D eigenvalue weighted by molar-refractivity contribution is 0.0943. The molecule has 1 aromatic carbocycles. The second-order valence-electron chi connectivity index (χ2n) is 3.37. The third kappa shape index (κ3) is 3.49. The summed E-state index contributed by atoms with van der Waals surface area (Å²) in [6.07, 6.45) is 0. The van der Waals surface area contributed by atoms with Gasteiger partial charge >= 0.3 is 0 Å². The zero-order valence-corrected chi connectivity index (χ0v) is 12.3. The number of alkyl halides is 1. The number of hydrogen-bond acceptors (Lipinski definition) is 2. The lowest BCUT2D eigenvalue weighted by atomic mass is 10.2. The largest absolute Gasteiger partial charge is 0.497 e. The van der Waals surface area contributed by atoms with Crippen LogP contribution in [0.2, 0.25) is 0 Å². The Morgan fingerprint density at radius 3 is 2.81 bits per heavy atom. The number of halogens is 2. The lowest BCUT2D eigenvalue weighted by Crippen LogP contribution is -2.33. The number of rotatable bonds is 4. The molecule has 1 N–H and O–H groups in total. The SMILES string of the molecule is COc1ccc(Br)c(C(=O)NC(C)CBr)c1. The molecule has 1 rings (SSSR count). The Bertz CT molecular complexity index is 382. The van der Waals surface area contributed by atoms with Crippen molar-refractivity contribution in [3.05, 3.63) is 28.2 Å². The van der Waals surface area contributed by atoms with Gasteiger partial charge in [-0.2, -0.15) is 0 Å². The van der Waals surface area contributed by atoms with E-state index in [0.29, 0.717) is 11.3 Å². The minimum Gasteiger partial charge on any atom is -0.497 e. The number of benzene rings is 1. The number of methoxy groups -OCH3 is 1. The van der Waals surface area contributed by atoms with Crippen LogP contribution in [-0.2, 0) is 0 Å². The van der Waals surface area contributed by atoms with Gasteiger partial charge in [-0.25, -0.2) is 0 Å². The van der Waals surface area contributed by atoms with Gasteiger partial charge in [0.2, 0.25) is 0 Å². The summed E-state index contributed by atoms with van der Waals surface area (Å²) in [4.78, 5) is 11.9. The maximum Gasteiger partial charge on any atom is 0.252 e. The lowest BCUT2D eigenvalue weighted by Gasteiger charge is -2.12. The highest BCUT2D eigenvalue weighted by Crippen LogP contribution is 2.22. The molecule has 0 aromatic heterocycles. The van der Waals surface area contributed by atoms with E-state index in [-0.39, 0.29) is 11.9 Å². The monoisotopic (exact) mass is 349 g/mol. The Kier molecular flexibility index (Phi) is 5.28. The van der Waals surface area contributed by atoms with Crippen LogP contribution < -0.4 is 10.1 Å².